The van der Waals surface area contributed by atoms with Gasteiger partial charge in [0.1, 0.15) is 5.82 Å². The van der Waals surface area contributed by atoms with E-state index in [0.29, 0.717) is 12.4 Å². The fourth-order valence-electron chi connectivity index (χ4n) is 2.94. The predicted octanol–water partition coefficient (Wildman–Crippen LogP) is 2.32. The molecule has 1 atom stereocenters. The second-order valence-corrected chi connectivity index (χ2v) is 5.17. The molecule has 0 saturated heterocycles. The van der Waals surface area contributed by atoms with Gasteiger partial charge in [-0.3, -0.25) is 0 Å². The van der Waals surface area contributed by atoms with E-state index in [9.17, 15) is 0 Å². The first-order chi connectivity index (χ1) is 8.59. The lowest BCUT2D eigenvalue weighted by Gasteiger charge is -2.35. The zero-order valence-corrected chi connectivity index (χ0v) is 11.3. The van der Waals surface area contributed by atoms with Gasteiger partial charge in [-0.1, -0.05) is 12.8 Å². The van der Waals surface area contributed by atoms with Crippen LogP contribution in [0.4, 0.5) is 5.82 Å². The summed E-state index contributed by atoms with van der Waals surface area (Å²) in [4.78, 5) is 4.20. The predicted molar refractivity (Wildman–Crippen MR) is 73.1 cm³/mol. The molecule has 0 bridgehead atoms. The average molecular weight is 249 g/mol. The van der Waals surface area contributed by atoms with Gasteiger partial charge < -0.3 is 16.2 Å². The molecular weight excluding hydrogens is 226 g/mol. The lowest BCUT2D eigenvalue weighted by molar-refractivity contribution is -0.0535. The number of nitrogens with two attached hydrogens (primary N) is 2. The summed E-state index contributed by atoms with van der Waals surface area (Å²) in [6, 6.07) is 1.85. The molecule has 100 valence electrons. The molecule has 0 aliphatic heterocycles. The molecule has 1 saturated carbocycles. The van der Waals surface area contributed by atoms with Gasteiger partial charge in [-0.2, -0.15) is 0 Å². The third kappa shape index (κ3) is 2.35. The first-order valence-electron chi connectivity index (χ1n) is 6.70. The standard InChI is InChI=1S/C14H23N3O/c1-3-18-14(6-4-5-7-14)12(15)11-8-10(2)9-17-13(11)16/h8-9,12H,3-7,15H2,1-2H3,(H2,16,17). The van der Waals surface area contributed by atoms with E-state index < -0.39 is 0 Å². The van der Waals surface area contributed by atoms with E-state index in [1.807, 2.05) is 19.9 Å². The fraction of sp³-hybridized carbons (Fsp3) is 0.643. The number of nitrogen functional groups attached to an aromatic ring is 1. The Morgan fingerprint density at radius 2 is 2.11 bits per heavy atom. The molecule has 1 aliphatic carbocycles. The number of hydrogen-bond acceptors (Lipinski definition) is 4. The normalized spacial score (nSPS) is 19.9. The van der Waals surface area contributed by atoms with Gasteiger partial charge in [0.25, 0.3) is 0 Å². The van der Waals surface area contributed by atoms with Crippen molar-refractivity contribution in [1.82, 2.24) is 4.98 Å². The van der Waals surface area contributed by atoms with Crippen LogP contribution in [0, 0.1) is 6.92 Å². The van der Waals surface area contributed by atoms with Crippen molar-refractivity contribution >= 4 is 5.82 Å². The minimum Gasteiger partial charge on any atom is -0.383 e. The molecule has 1 aliphatic rings. The van der Waals surface area contributed by atoms with Gasteiger partial charge in [0.2, 0.25) is 0 Å². The number of nitrogens with zero attached hydrogens (tertiary/aromatic N) is 1. The van der Waals surface area contributed by atoms with Crippen LogP contribution in [0.3, 0.4) is 0 Å². The van der Waals surface area contributed by atoms with Crippen LogP contribution in [0.1, 0.15) is 49.8 Å². The highest BCUT2D eigenvalue weighted by Crippen LogP contribution is 2.42. The Hall–Kier alpha value is -1.13. The number of aromatic nitrogens is 1. The van der Waals surface area contributed by atoms with E-state index in [2.05, 4.69) is 4.98 Å². The second kappa shape index (κ2) is 5.24. The van der Waals surface area contributed by atoms with Crippen LogP contribution < -0.4 is 11.5 Å². The number of anilines is 1. The summed E-state index contributed by atoms with van der Waals surface area (Å²) in [6.45, 7) is 4.71. The summed E-state index contributed by atoms with van der Waals surface area (Å²) in [5.41, 5.74) is 14.2. The van der Waals surface area contributed by atoms with Gasteiger partial charge in [-0.15, -0.1) is 0 Å². The number of pyridine rings is 1. The van der Waals surface area contributed by atoms with Crippen molar-refractivity contribution < 1.29 is 4.74 Å². The SMILES string of the molecule is CCOC1(C(N)c2cc(C)cnc2N)CCCC1. The third-order valence-corrected chi connectivity index (χ3v) is 3.87. The highest BCUT2D eigenvalue weighted by Gasteiger charge is 2.41. The Labute approximate surface area is 109 Å². The first-order valence-corrected chi connectivity index (χ1v) is 6.70. The van der Waals surface area contributed by atoms with Crippen molar-refractivity contribution in [1.29, 1.82) is 0 Å². The van der Waals surface area contributed by atoms with Crippen molar-refractivity contribution in [3.8, 4) is 0 Å². The van der Waals surface area contributed by atoms with Gasteiger partial charge >= 0.3 is 0 Å². The molecule has 1 fully saturated rings. The van der Waals surface area contributed by atoms with Crippen LogP contribution in [-0.2, 0) is 4.74 Å². The molecule has 0 radical (unpaired) electrons. The maximum Gasteiger partial charge on any atom is 0.128 e. The lowest BCUT2D eigenvalue weighted by atomic mass is 9.87. The van der Waals surface area contributed by atoms with E-state index in [1.54, 1.807) is 6.20 Å². The molecule has 1 heterocycles. The third-order valence-electron chi connectivity index (χ3n) is 3.87. The Bertz CT molecular complexity index is 414. The largest absolute Gasteiger partial charge is 0.383 e. The molecule has 2 rings (SSSR count). The molecule has 4 N–H and O–H groups in total. The summed E-state index contributed by atoms with van der Waals surface area (Å²) < 4.78 is 5.99. The van der Waals surface area contributed by atoms with Crippen molar-refractivity contribution in [2.24, 2.45) is 5.73 Å². The van der Waals surface area contributed by atoms with Gasteiger partial charge in [0.05, 0.1) is 11.6 Å². The molecule has 0 amide bonds. The average Bonchev–Trinajstić information content (AvgIpc) is 2.82. The maximum absolute atomic E-state index is 6.45. The van der Waals surface area contributed by atoms with Crippen molar-refractivity contribution in [3.05, 3.63) is 23.4 Å². The van der Waals surface area contributed by atoms with Gasteiger partial charge in [-0.05, 0) is 38.3 Å². The molecule has 1 aromatic heterocycles. The molecule has 1 unspecified atom stereocenters. The fourth-order valence-corrected chi connectivity index (χ4v) is 2.94. The van der Waals surface area contributed by atoms with E-state index in [4.69, 9.17) is 16.2 Å². The first kappa shape index (κ1) is 13.3. The highest BCUT2D eigenvalue weighted by atomic mass is 16.5. The van der Waals surface area contributed by atoms with Crippen LogP contribution in [0.2, 0.25) is 0 Å². The summed E-state index contributed by atoms with van der Waals surface area (Å²) >= 11 is 0. The summed E-state index contributed by atoms with van der Waals surface area (Å²) in [5.74, 6) is 0.527. The Morgan fingerprint density at radius 3 is 2.72 bits per heavy atom. The van der Waals surface area contributed by atoms with Crippen molar-refractivity contribution in [2.45, 2.75) is 51.2 Å². The quantitative estimate of drug-likeness (QED) is 0.858. The lowest BCUT2D eigenvalue weighted by Crippen LogP contribution is -2.42. The monoisotopic (exact) mass is 249 g/mol. The van der Waals surface area contributed by atoms with Crippen LogP contribution in [0.25, 0.3) is 0 Å². The number of ether oxygens (including phenoxy) is 1. The maximum atomic E-state index is 6.45. The molecule has 0 aromatic carbocycles. The van der Waals surface area contributed by atoms with Crippen LogP contribution in [0.5, 0.6) is 0 Å². The summed E-state index contributed by atoms with van der Waals surface area (Å²) in [5, 5.41) is 0. The minimum atomic E-state index is -0.252. The van der Waals surface area contributed by atoms with Gasteiger partial charge in [0, 0.05) is 18.4 Å². The van der Waals surface area contributed by atoms with Crippen LogP contribution in [0.15, 0.2) is 12.3 Å². The Morgan fingerprint density at radius 1 is 1.44 bits per heavy atom. The summed E-state index contributed by atoms with van der Waals surface area (Å²) in [7, 11) is 0. The van der Waals surface area contributed by atoms with E-state index in [1.165, 1.54) is 12.8 Å². The molecule has 1 aromatic rings. The van der Waals surface area contributed by atoms with Crippen molar-refractivity contribution in [2.75, 3.05) is 12.3 Å². The molecule has 18 heavy (non-hydrogen) atoms. The minimum absolute atomic E-state index is 0.188. The Kier molecular flexibility index (Phi) is 3.88. The number of rotatable bonds is 4. The topological polar surface area (TPSA) is 74.2 Å². The van der Waals surface area contributed by atoms with Gasteiger partial charge in [-0.25, -0.2) is 4.98 Å². The molecular formula is C14H23N3O. The highest BCUT2D eigenvalue weighted by molar-refractivity contribution is 5.44. The Balaban J connectivity index is 2.33. The van der Waals surface area contributed by atoms with Crippen molar-refractivity contribution in [3.63, 3.8) is 0 Å². The van der Waals surface area contributed by atoms with Gasteiger partial charge in [0.15, 0.2) is 0 Å². The van der Waals surface area contributed by atoms with Crippen LogP contribution in [-0.4, -0.2) is 17.2 Å². The van der Waals surface area contributed by atoms with Crippen LogP contribution >= 0.6 is 0 Å². The summed E-state index contributed by atoms with van der Waals surface area (Å²) in [6.07, 6.45) is 6.14. The zero-order chi connectivity index (χ0) is 13.2. The molecule has 4 nitrogen and oxygen atoms in total. The van der Waals surface area contributed by atoms with E-state index in [-0.39, 0.29) is 11.6 Å². The van der Waals surface area contributed by atoms with E-state index in [0.717, 1.165) is 24.0 Å². The number of hydrogen-bond donors (Lipinski definition) is 2. The second-order valence-electron chi connectivity index (χ2n) is 5.17. The van der Waals surface area contributed by atoms with E-state index >= 15 is 0 Å². The zero-order valence-electron chi connectivity index (χ0n) is 11.3. The smallest absolute Gasteiger partial charge is 0.128 e. The molecule has 0 spiro atoms. The number of aryl methyl sites for hydroxylation is 1. The molecule has 4 heteroatoms.